The fraction of sp³-hybridized carbons (Fsp3) is 1.00. The van der Waals surface area contributed by atoms with Gasteiger partial charge in [0.2, 0.25) is 0 Å². The Labute approximate surface area is 122 Å². The first kappa shape index (κ1) is 17.7. The second-order valence-electron chi connectivity index (χ2n) is 2.64. The van der Waals surface area contributed by atoms with E-state index in [1.807, 2.05) is 33.3 Å². The molecule has 0 N–H and O–H groups in total. The Kier molecular flexibility index (Phi) is 18.4. The highest BCUT2D eigenvalue weighted by Crippen LogP contribution is 2.20. The molecule has 98 valence electrons. The van der Waals surface area contributed by atoms with Crippen LogP contribution in [0.5, 0.6) is 0 Å². The van der Waals surface area contributed by atoms with Gasteiger partial charge in [0.25, 0.3) is 0 Å². The van der Waals surface area contributed by atoms with Crippen molar-refractivity contribution in [3.05, 3.63) is 0 Å². The van der Waals surface area contributed by atoms with Crippen molar-refractivity contribution < 1.29 is 9.47 Å². The molecule has 0 aromatic heterocycles. The third-order valence-electron chi connectivity index (χ3n) is 1.34. The molecule has 0 aliphatic carbocycles. The van der Waals surface area contributed by atoms with E-state index in [2.05, 4.69) is 25.3 Å². The van der Waals surface area contributed by atoms with Crippen molar-refractivity contribution in [1.82, 2.24) is 0 Å². The van der Waals surface area contributed by atoms with Crippen molar-refractivity contribution in [3.8, 4) is 0 Å². The van der Waals surface area contributed by atoms with Crippen LogP contribution >= 0.6 is 58.6 Å². The van der Waals surface area contributed by atoms with Gasteiger partial charge in [-0.2, -0.15) is 37.0 Å². The molecule has 0 unspecified atom stereocenters. The maximum Gasteiger partial charge on any atom is 0.146 e. The summed E-state index contributed by atoms with van der Waals surface area (Å²) in [7, 11) is 3.67. The van der Waals surface area contributed by atoms with Gasteiger partial charge in [0, 0.05) is 28.8 Å². The summed E-state index contributed by atoms with van der Waals surface area (Å²) >= 11 is 10.1. The summed E-state index contributed by atoms with van der Waals surface area (Å²) in [4.78, 5) is 0. The van der Waals surface area contributed by atoms with Crippen molar-refractivity contribution in [3.63, 3.8) is 0 Å². The standard InChI is InChI=1S/C9H20O2S5/c12-3-7-14-5-1-10-9-11-2-6-15-16-8-4-13/h12-13H,1-9H2. The van der Waals surface area contributed by atoms with Crippen LogP contribution in [0.4, 0.5) is 0 Å². The van der Waals surface area contributed by atoms with E-state index in [1.54, 1.807) is 0 Å². The highest BCUT2D eigenvalue weighted by molar-refractivity contribution is 8.76. The van der Waals surface area contributed by atoms with E-state index in [1.165, 1.54) is 0 Å². The van der Waals surface area contributed by atoms with Crippen molar-refractivity contribution in [2.45, 2.75) is 0 Å². The molecule has 0 saturated carbocycles. The summed E-state index contributed by atoms with van der Waals surface area (Å²) in [6.45, 7) is 1.94. The first-order valence-electron chi connectivity index (χ1n) is 5.11. The molecule has 0 radical (unpaired) electrons. The fourth-order valence-electron chi connectivity index (χ4n) is 0.709. The van der Waals surface area contributed by atoms with Gasteiger partial charge in [0.15, 0.2) is 0 Å². The number of rotatable bonds is 13. The molecule has 0 spiro atoms. The predicted octanol–water partition coefficient (Wildman–Crippen LogP) is 2.95. The van der Waals surface area contributed by atoms with Gasteiger partial charge in [0.1, 0.15) is 6.79 Å². The molecule has 0 atom stereocenters. The Morgan fingerprint density at radius 3 is 2.06 bits per heavy atom. The maximum absolute atomic E-state index is 5.32. The summed E-state index contributed by atoms with van der Waals surface area (Å²) in [5, 5.41) is 0. The van der Waals surface area contributed by atoms with E-state index in [-0.39, 0.29) is 0 Å². The van der Waals surface area contributed by atoms with Crippen LogP contribution in [-0.4, -0.2) is 54.5 Å². The minimum absolute atomic E-state index is 0.416. The first-order valence-corrected chi connectivity index (χ1v) is 10.0. The summed E-state index contributed by atoms with van der Waals surface area (Å²) in [5.74, 6) is 6.08. The highest BCUT2D eigenvalue weighted by Gasteiger charge is 1.92. The van der Waals surface area contributed by atoms with Crippen molar-refractivity contribution in [1.29, 1.82) is 0 Å². The van der Waals surface area contributed by atoms with E-state index in [0.29, 0.717) is 6.79 Å². The molecular weight excluding hydrogens is 300 g/mol. The van der Waals surface area contributed by atoms with Crippen molar-refractivity contribution in [2.75, 3.05) is 54.5 Å². The number of ether oxygens (including phenoxy) is 2. The minimum Gasteiger partial charge on any atom is -0.355 e. The van der Waals surface area contributed by atoms with Crippen LogP contribution in [0.2, 0.25) is 0 Å². The van der Waals surface area contributed by atoms with E-state index >= 15 is 0 Å². The van der Waals surface area contributed by atoms with Gasteiger partial charge in [-0.05, 0) is 5.75 Å². The lowest BCUT2D eigenvalue weighted by atomic mass is 10.8. The van der Waals surface area contributed by atoms with Gasteiger partial charge >= 0.3 is 0 Å². The average molecular weight is 321 g/mol. The lowest BCUT2D eigenvalue weighted by molar-refractivity contribution is -0.0425. The molecule has 0 fully saturated rings. The minimum atomic E-state index is 0.416. The molecule has 0 saturated heterocycles. The Balaban J connectivity index is 2.83. The molecular formula is C9H20O2S5. The molecule has 0 bridgehead atoms. The summed E-state index contributed by atoms with van der Waals surface area (Å²) in [5.41, 5.74) is 0. The smallest absolute Gasteiger partial charge is 0.146 e. The summed E-state index contributed by atoms with van der Waals surface area (Å²) < 4.78 is 10.6. The average Bonchev–Trinajstić information content (AvgIpc) is 2.31. The Morgan fingerprint density at radius 2 is 1.38 bits per heavy atom. The quantitative estimate of drug-likeness (QED) is 0.234. The Hall–Kier alpha value is 1.67. The molecule has 0 rings (SSSR count). The lowest BCUT2D eigenvalue weighted by Crippen LogP contribution is -2.05. The second kappa shape index (κ2) is 16.7. The van der Waals surface area contributed by atoms with Crippen LogP contribution in [0, 0.1) is 0 Å². The van der Waals surface area contributed by atoms with Crippen molar-refractivity contribution >= 4 is 58.6 Å². The highest BCUT2D eigenvalue weighted by atomic mass is 33.1. The largest absolute Gasteiger partial charge is 0.355 e. The van der Waals surface area contributed by atoms with E-state index in [0.717, 1.165) is 47.7 Å². The van der Waals surface area contributed by atoms with Crippen molar-refractivity contribution in [2.24, 2.45) is 0 Å². The topological polar surface area (TPSA) is 18.5 Å². The molecule has 0 aliphatic rings. The number of hydrogen-bond donors (Lipinski definition) is 2. The zero-order valence-electron chi connectivity index (χ0n) is 9.30. The molecule has 2 nitrogen and oxygen atoms in total. The van der Waals surface area contributed by atoms with Gasteiger partial charge in [-0.1, -0.05) is 21.6 Å². The monoisotopic (exact) mass is 320 g/mol. The van der Waals surface area contributed by atoms with Crippen LogP contribution < -0.4 is 0 Å². The zero-order valence-corrected chi connectivity index (χ0v) is 13.5. The molecule has 0 amide bonds. The number of thiol groups is 2. The summed E-state index contributed by atoms with van der Waals surface area (Å²) in [6, 6.07) is 0. The van der Waals surface area contributed by atoms with Gasteiger partial charge in [0.05, 0.1) is 13.2 Å². The SMILES string of the molecule is SCCSCCOCOCCSSCCS. The van der Waals surface area contributed by atoms with E-state index < -0.39 is 0 Å². The third-order valence-corrected chi connectivity index (χ3v) is 5.71. The van der Waals surface area contributed by atoms with Crippen LogP contribution in [0.1, 0.15) is 0 Å². The number of hydrogen-bond acceptors (Lipinski definition) is 7. The van der Waals surface area contributed by atoms with Gasteiger partial charge in [-0.15, -0.1) is 0 Å². The van der Waals surface area contributed by atoms with Crippen LogP contribution in [0.15, 0.2) is 0 Å². The second-order valence-corrected chi connectivity index (χ2v) is 7.46. The fourth-order valence-corrected chi connectivity index (χ4v) is 3.97. The number of thioether (sulfide) groups is 1. The van der Waals surface area contributed by atoms with Gasteiger partial charge < -0.3 is 9.47 Å². The maximum atomic E-state index is 5.32. The van der Waals surface area contributed by atoms with E-state index in [9.17, 15) is 0 Å². The Morgan fingerprint density at radius 1 is 0.750 bits per heavy atom. The molecule has 0 aromatic carbocycles. The van der Waals surface area contributed by atoms with Crippen LogP contribution in [0.25, 0.3) is 0 Å². The zero-order chi connectivity index (χ0) is 11.9. The molecule has 0 heterocycles. The summed E-state index contributed by atoms with van der Waals surface area (Å²) in [6.07, 6.45) is 0. The third kappa shape index (κ3) is 15.7. The molecule has 0 aromatic rings. The van der Waals surface area contributed by atoms with Crippen LogP contribution in [-0.2, 0) is 9.47 Å². The van der Waals surface area contributed by atoms with E-state index in [4.69, 9.17) is 9.47 Å². The predicted molar refractivity (Wildman–Crippen MR) is 86.7 cm³/mol. The first-order chi connectivity index (χ1) is 7.91. The molecule has 0 aliphatic heterocycles. The van der Waals surface area contributed by atoms with Gasteiger partial charge in [-0.3, -0.25) is 0 Å². The van der Waals surface area contributed by atoms with Crippen LogP contribution in [0.3, 0.4) is 0 Å². The normalized spacial score (nSPS) is 10.9. The Bertz CT molecular complexity index is 114. The molecule has 7 heteroatoms. The lowest BCUT2D eigenvalue weighted by Gasteiger charge is -2.05. The van der Waals surface area contributed by atoms with Gasteiger partial charge in [-0.25, -0.2) is 0 Å². The molecule has 16 heavy (non-hydrogen) atoms.